The molecule has 5 nitrogen and oxygen atoms in total. The molecule has 0 bridgehead atoms. The first-order valence-electron chi connectivity index (χ1n) is 9.78. The lowest BCUT2D eigenvalue weighted by Crippen LogP contribution is -2.41. The van der Waals surface area contributed by atoms with Gasteiger partial charge in [0, 0.05) is 28.1 Å². The number of thioether (sulfide) groups is 1. The SMILES string of the molecule is O=C(CN(c1cc(Cl)cc(Cl)c1)S(=O)(=O)c1ccccc1)NCCSCc1ccccc1. The molecule has 3 rings (SSSR count). The molecule has 1 N–H and O–H groups in total. The van der Waals surface area contributed by atoms with E-state index in [1.165, 1.54) is 35.9 Å². The van der Waals surface area contributed by atoms with Crippen molar-refractivity contribution in [3.8, 4) is 0 Å². The Kier molecular flexibility index (Phi) is 8.87. The molecule has 0 unspecified atom stereocenters. The van der Waals surface area contributed by atoms with E-state index in [4.69, 9.17) is 23.2 Å². The van der Waals surface area contributed by atoms with Crippen LogP contribution in [0.2, 0.25) is 10.0 Å². The second kappa shape index (κ2) is 11.6. The van der Waals surface area contributed by atoms with Gasteiger partial charge in [0.15, 0.2) is 0 Å². The normalized spacial score (nSPS) is 11.2. The molecule has 0 aliphatic heterocycles. The third-order valence-electron chi connectivity index (χ3n) is 4.43. The van der Waals surface area contributed by atoms with Crippen molar-refractivity contribution >= 4 is 56.6 Å². The van der Waals surface area contributed by atoms with Crippen molar-refractivity contribution in [1.29, 1.82) is 0 Å². The van der Waals surface area contributed by atoms with Crippen LogP contribution in [0.4, 0.5) is 5.69 Å². The second-order valence-electron chi connectivity index (χ2n) is 6.84. The summed E-state index contributed by atoms with van der Waals surface area (Å²) >= 11 is 13.9. The first kappa shape index (κ1) is 24.5. The molecule has 0 radical (unpaired) electrons. The largest absolute Gasteiger partial charge is 0.354 e. The molecule has 0 heterocycles. The Morgan fingerprint density at radius 3 is 2.12 bits per heavy atom. The number of anilines is 1. The smallest absolute Gasteiger partial charge is 0.264 e. The van der Waals surface area contributed by atoms with Gasteiger partial charge in [-0.25, -0.2) is 8.42 Å². The second-order valence-corrected chi connectivity index (χ2v) is 10.7. The van der Waals surface area contributed by atoms with Gasteiger partial charge in [-0.05, 0) is 35.9 Å². The van der Waals surface area contributed by atoms with Crippen LogP contribution in [0.15, 0.2) is 83.8 Å². The lowest BCUT2D eigenvalue weighted by atomic mass is 10.2. The first-order chi connectivity index (χ1) is 15.4. The summed E-state index contributed by atoms with van der Waals surface area (Å²) in [7, 11) is -4.00. The number of halogens is 2. The van der Waals surface area contributed by atoms with Crippen LogP contribution in [-0.2, 0) is 20.6 Å². The number of amides is 1. The number of benzene rings is 3. The lowest BCUT2D eigenvalue weighted by Gasteiger charge is -2.24. The fourth-order valence-corrected chi connectivity index (χ4v) is 5.69. The Morgan fingerprint density at radius 2 is 1.50 bits per heavy atom. The van der Waals surface area contributed by atoms with Gasteiger partial charge >= 0.3 is 0 Å². The Morgan fingerprint density at radius 1 is 0.906 bits per heavy atom. The number of carbonyl (C=O) groups excluding carboxylic acids is 1. The quantitative estimate of drug-likeness (QED) is 0.380. The van der Waals surface area contributed by atoms with Crippen molar-refractivity contribution in [2.75, 3.05) is 23.1 Å². The van der Waals surface area contributed by atoms with Crippen molar-refractivity contribution in [3.63, 3.8) is 0 Å². The van der Waals surface area contributed by atoms with Gasteiger partial charge in [-0.3, -0.25) is 9.10 Å². The van der Waals surface area contributed by atoms with Crippen molar-refractivity contribution in [2.24, 2.45) is 0 Å². The van der Waals surface area contributed by atoms with Gasteiger partial charge < -0.3 is 5.32 Å². The maximum atomic E-state index is 13.3. The fraction of sp³-hybridized carbons (Fsp3) is 0.174. The van der Waals surface area contributed by atoms with Gasteiger partial charge in [0.25, 0.3) is 10.0 Å². The third kappa shape index (κ3) is 6.90. The summed E-state index contributed by atoms with van der Waals surface area (Å²) in [5.74, 6) is 1.13. The summed E-state index contributed by atoms with van der Waals surface area (Å²) in [4.78, 5) is 12.7. The van der Waals surface area contributed by atoms with Crippen LogP contribution in [0.25, 0.3) is 0 Å². The average molecular weight is 509 g/mol. The maximum absolute atomic E-state index is 13.3. The molecular weight excluding hydrogens is 487 g/mol. The van der Waals surface area contributed by atoms with Gasteiger partial charge in [0.05, 0.1) is 10.6 Å². The number of hydrogen-bond acceptors (Lipinski definition) is 4. The Labute approximate surface area is 202 Å². The van der Waals surface area contributed by atoms with E-state index in [-0.39, 0.29) is 20.6 Å². The van der Waals surface area contributed by atoms with Crippen LogP contribution >= 0.6 is 35.0 Å². The summed E-state index contributed by atoms with van der Waals surface area (Å²) in [5.41, 5.74) is 1.43. The molecule has 3 aromatic rings. The molecule has 0 aromatic heterocycles. The summed E-state index contributed by atoms with van der Waals surface area (Å²) in [6.45, 7) is 0.0309. The maximum Gasteiger partial charge on any atom is 0.264 e. The highest BCUT2D eigenvalue weighted by atomic mass is 35.5. The summed E-state index contributed by atoms with van der Waals surface area (Å²) in [5, 5.41) is 3.34. The Balaban J connectivity index is 1.68. The minimum absolute atomic E-state index is 0.0716. The first-order valence-corrected chi connectivity index (χ1v) is 13.1. The number of rotatable bonds is 10. The van der Waals surface area contributed by atoms with E-state index in [0.29, 0.717) is 12.3 Å². The van der Waals surface area contributed by atoms with E-state index >= 15 is 0 Å². The van der Waals surface area contributed by atoms with E-state index < -0.39 is 22.5 Å². The molecule has 0 fully saturated rings. The molecule has 0 atom stereocenters. The van der Waals surface area contributed by atoms with E-state index in [1.807, 2.05) is 30.3 Å². The summed E-state index contributed by atoms with van der Waals surface area (Å²) in [6.07, 6.45) is 0. The summed E-state index contributed by atoms with van der Waals surface area (Å²) < 4.78 is 27.6. The molecule has 32 heavy (non-hydrogen) atoms. The molecule has 3 aromatic carbocycles. The fourth-order valence-electron chi connectivity index (χ4n) is 2.93. The highest BCUT2D eigenvalue weighted by Crippen LogP contribution is 2.29. The highest BCUT2D eigenvalue weighted by Gasteiger charge is 2.27. The number of nitrogens with zero attached hydrogens (tertiary/aromatic N) is 1. The van der Waals surface area contributed by atoms with Crippen LogP contribution in [0, 0.1) is 0 Å². The molecule has 9 heteroatoms. The van der Waals surface area contributed by atoms with Gasteiger partial charge in [-0.15, -0.1) is 0 Å². The monoisotopic (exact) mass is 508 g/mol. The zero-order valence-corrected chi connectivity index (χ0v) is 20.2. The van der Waals surface area contributed by atoms with Crippen LogP contribution in [0.5, 0.6) is 0 Å². The molecular formula is C23H22Cl2N2O3S2. The molecule has 0 spiro atoms. The molecule has 0 saturated heterocycles. The summed E-state index contributed by atoms with van der Waals surface area (Å²) in [6, 6.07) is 22.4. The number of carbonyl (C=O) groups is 1. The Hall–Kier alpha value is -2.19. The highest BCUT2D eigenvalue weighted by molar-refractivity contribution is 7.98. The minimum Gasteiger partial charge on any atom is -0.354 e. The van der Waals surface area contributed by atoms with E-state index in [9.17, 15) is 13.2 Å². The Bertz CT molecular complexity index is 1120. The zero-order chi connectivity index (χ0) is 23.0. The van der Waals surface area contributed by atoms with E-state index in [2.05, 4.69) is 5.32 Å². The third-order valence-corrected chi connectivity index (χ3v) is 7.69. The van der Waals surface area contributed by atoms with Gasteiger partial charge in [-0.1, -0.05) is 71.7 Å². The molecule has 168 valence electrons. The van der Waals surface area contributed by atoms with Crippen LogP contribution in [0.3, 0.4) is 0 Å². The predicted octanol–water partition coefficient (Wildman–Crippen LogP) is 5.24. The molecule has 0 saturated carbocycles. The number of hydrogen-bond donors (Lipinski definition) is 1. The van der Waals surface area contributed by atoms with Crippen molar-refractivity contribution in [2.45, 2.75) is 10.6 Å². The van der Waals surface area contributed by atoms with Gasteiger partial charge in [0.1, 0.15) is 6.54 Å². The van der Waals surface area contributed by atoms with Gasteiger partial charge in [0.2, 0.25) is 5.91 Å². The standard InChI is InChI=1S/C23H22Cl2N2O3S2/c24-19-13-20(25)15-21(14-19)27(32(29,30)22-9-5-2-6-10-22)16-23(28)26-11-12-31-17-18-7-3-1-4-8-18/h1-10,13-15H,11-12,16-17H2,(H,26,28). The zero-order valence-electron chi connectivity index (χ0n) is 17.1. The average Bonchev–Trinajstić information content (AvgIpc) is 2.78. The molecule has 0 aliphatic rings. The topological polar surface area (TPSA) is 66.5 Å². The minimum atomic E-state index is -4.00. The van der Waals surface area contributed by atoms with Crippen LogP contribution in [0.1, 0.15) is 5.56 Å². The lowest BCUT2D eigenvalue weighted by molar-refractivity contribution is -0.119. The predicted molar refractivity (Wildman–Crippen MR) is 133 cm³/mol. The number of nitrogens with one attached hydrogen (secondary N) is 1. The van der Waals surface area contributed by atoms with Gasteiger partial charge in [-0.2, -0.15) is 11.8 Å². The van der Waals surface area contributed by atoms with Crippen LogP contribution < -0.4 is 9.62 Å². The van der Waals surface area contributed by atoms with Crippen molar-refractivity contribution < 1.29 is 13.2 Å². The molecule has 0 aliphatic carbocycles. The number of sulfonamides is 1. The van der Waals surface area contributed by atoms with Crippen molar-refractivity contribution in [3.05, 3.63) is 94.5 Å². The van der Waals surface area contributed by atoms with Crippen molar-refractivity contribution in [1.82, 2.24) is 5.32 Å². The molecule has 1 amide bonds. The van der Waals surface area contributed by atoms with E-state index in [0.717, 1.165) is 10.1 Å². The van der Waals surface area contributed by atoms with E-state index in [1.54, 1.807) is 30.0 Å². The van der Waals surface area contributed by atoms with Crippen LogP contribution in [-0.4, -0.2) is 33.2 Å².